The molecule has 78 valence electrons. The minimum atomic E-state index is -0.682. The molecule has 2 nitrogen and oxygen atoms in total. The Morgan fingerprint density at radius 3 is 2.62 bits per heavy atom. The van der Waals surface area contributed by atoms with Gasteiger partial charge in [0.15, 0.2) is 0 Å². The molecule has 0 N–H and O–H groups in total. The van der Waals surface area contributed by atoms with E-state index in [1.807, 2.05) is 0 Å². The van der Waals surface area contributed by atoms with Crippen LogP contribution in [0.25, 0.3) is 0 Å². The normalized spacial score (nSPS) is 30.6. The van der Waals surface area contributed by atoms with Gasteiger partial charge in [-0.15, -0.1) is 11.6 Å². The maximum atomic E-state index is 10.9. The van der Waals surface area contributed by atoms with Gasteiger partial charge in [0.2, 0.25) is 0 Å². The van der Waals surface area contributed by atoms with E-state index in [4.69, 9.17) is 11.6 Å². The van der Waals surface area contributed by atoms with E-state index in [1.165, 1.54) is 0 Å². The van der Waals surface area contributed by atoms with Crippen molar-refractivity contribution in [3.63, 3.8) is 0 Å². The summed E-state index contributed by atoms with van der Waals surface area (Å²) in [4.78, 5) is 2.30. The van der Waals surface area contributed by atoms with Crippen LogP contribution in [0.4, 0.5) is 0 Å². The lowest BCUT2D eigenvalue weighted by Gasteiger charge is -2.20. The molecule has 0 aromatic rings. The lowest BCUT2D eigenvalue weighted by Crippen LogP contribution is -2.27. The third kappa shape index (κ3) is 3.22. The fourth-order valence-corrected chi connectivity index (χ4v) is 2.42. The van der Waals surface area contributed by atoms with Crippen molar-refractivity contribution in [2.45, 2.75) is 19.2 Å². The second kappa shape index (κ2) is 4.28. The van der Waals surface area contributed by atoms with Gasteiger partial charge in [-0.3, -0.25) is 4.21 Å². The van der Waals surface area contributed by atoms with E-state index < -0.39 is 10.8 Å². The summed E-state index contributed by atoms with van der Waals surface area (Å²) in [5.74, 6) is 0.764. The molecular formula is C9H18ClNOS. The molecule has 0 bridgehead atoms. The number of rotatable bonds is 3. The first-order valence-electron chi connectivity index (χ1n) is 4.58. The Morgan fingerprint density at radius 2 is 2.23 bits per heavy atom. The molecule has 0 saturated carbocycles. The summed E-state index contributed by atoms with van der Waals surface area (Å²) in [6.45, 7) is 7.25. The molecule has 0 aliphatic carbocycles. The van der Waals surface area contributed by atoms with Crippen molar-refractivity contribution in [2.75, 3.05) is 31.6 Å². The van der Waals surface area contributed by atoms with Crippen LogP contribution < -0.4 is 0 Å². The zero-order valence-corrected chi connectivity index (χ0v) is 10.1. The Balaban J connectivity index is 2.36. The average Bonchev–Trinajstić information content (AvgIpc) is 2.22. The quantitative estimate of drug-likeness (QED) is 0.673. The number of alkyl halides is 1. The molecule has 4 heteroatoms. The Kier molecular flexibility index (Phi) is 3.78. The van der Waals surface area contributed by atoms with Gasteiger partial charge in [0.1, 0.15) is 0 Å². The van der Waals surface area contributed by atoms with Crippen LogP contribution in [-0.4, -0.2) is 46.1 Å². The van der Waals surface area contributed by atoms with Crippen molar-refractivity contribution >= 4 is 22.4 Å². The first-order chi connectivity index (χ1) is 5.92. The molecule has 1 aliphatic heterocycles. The Hall–Kier alpha value is 0.400. The van der Waals surface area contributed by atoms with Crippen molar-refractivity contribution in [1.29, 1.82) is 0 Å². The largest absolute Gasteiger partial charge is 0.300 e. The lowest BCUT2D eigenvalue weighted by molar-refractivity contribution is 0.305. The number of likely N-dealkylation sites (tertiary alicyclic amines) is 1. The van der Waals surface area contributed by atoms with Crippen LogP contribution in [0.1, 0.15) is 13.8 Å². The van der Waals surface area contributed by atoms with E-state index in [9.17, 15) is 4.21 Å². The molecule has 0 radical (unpaired) electrons. The van der Waals surface area contributed by atoms with E-state index in [-0.39, 0.29) is 10.8 Å². The zero-order valence-electron chi connectivity index (χ0n) is 8.55. The van der Waals surface area contributed by atoms with Gasteiger partial charge in [0.25, 0.3) is 0 Å². The van der Waals surface area contributed by atoms with Crippen LogP contribution in [-0.2, 0) is 10.8 Å². The van der Waals surface area contributed by atoms with Crippen molar-refractivity contribution in [2.24, 2.45) is 5.41 Å². The van der Waals surface area contributed by atoms with Crippen LogP contribution in [0.5, 0.6) is 0 Å². The highest BCUT2D eigenvalue weighted by atomic mass is 35.5. The molecule has 0 aromatic carbocycles. The SMILES string of the molecule is CS(=O)CCN1CC(Cl)C(C)(C)C1. The van der Waals surface area contributed by atoms with Gasteiger partial charge >= 0.3 is 0 Å². The molecule has 1 saturated heterocycles. The van der Waals surface area contributed by atoms with Gasteiger partial charge < -0.3 is 4.90 Å². The van der Waals surface area contributed by atoms with Crippen molar-refractivity contribution < 1.29 is 4.21 Å². The molecule has 0 spiro atoms. The lowest BCUT2D eigenvalue weighted by atomic mass is 9.93. The number of nitrogens with zero attached hydrogens (tertiary/aromatic N) is 1. The first kappa shape index (κ1) is 11.5. The predicted molar refractivity (Wildman–Crippen MR) is 58.8 cm³/mol. The van der Waals surface area contributed by atoms with E-state index >= 15 is 0 Å². The van der Waals surface area contributed by atoms with E-state index in [1.54, 1.807) is 6.26 Å². The van der Waals surface area contributed by atoms with Crippen LogP contribution in [0.2, 0.25) is 0 Å². The van der Waals surface area contributed by atoms with Crippen molar-refractivity contribution in [1.82, 2.24) is 4.90 Å². The summed E-state index contributed by atoms with van der Waals surface area (Å²) in [6, 6.07) is 0. The predicted octanol–water partition coefficient (Wildman–Crippen LogP) is 1.31. The fourth-order valence-electron chi connectivity index (χ4n) is 1.64. The Labute approximate surface area is 88.1 Å². The van der Waals surface area contributed by atoms with Crippen LogP contribution >= 0.6 is 11.6 Å². The van der Waals surface area contributed by atoms with Crippen LogP contribution in [0.3, 0.4) is 0 Å². The smallest absolute Gasteiger partial charge is 0.0526 e. The average molecular weight is 224 g/mol. The second-order valence-corrected chi connectivity index (χ2v) is 6.55. The maximum Gasteiger partial charge on any atom is 0.0526 e. The Bertz CT molecular complexity index is 208. The summed E-state index contributed by atoms with van der Waals surface area (Å²) < 4.78 is 10.9. The summed E-state index contributed by atoms with van der Waals surface area (Å²) in [6.07, 6.45) is 1.75. The summed E-state index contributed by atoms with van der Waals surface area (Å²) in [5.41, 5.74) is 0.205. The molecule has 1 fully saturated rings. The molecular weight excluding hydrogens is 206 g/mol. The van der Waals surface area contributed by atoms with E-state index in [0.717, 1.165) is 25.4 Å². The summed E-state index contributed by atoms with van der Waals surface area (Å²) >= 11 is 6.20. The molecule has 1 aliphatic rings. The number of hydrogen-bond acceptors (Lipinski definition) is 2. The highest BCUT2D eigenvalue weighted by Gasteiger charge is 2.37. The van der Waals surface area contributed by atoms with Gasteiger partial charge in [-0.25, -0.2) is 0 Å². The molecule has 13 heavy (non-hydrogen) atoms. The van der Waals surface area contributed by atoms with Crippen LogP contribution in [0.15, 0.2) is 0 Å². The molecule has 0 amide bonds. The topological polar surface area (TPSA) is 20.3 Å². The van der Waals surface area contributed by atoms with Gasteiger partial charge in [-0.05, 0) is 5.41 Å². The minimum absolute atomic E-state index is 0.205. The number of hydrogen-bond donors (Lipinski definition) is 0. The van der Waals surface area contributed by atoms with Gasteiger partial charge in [-0.2, -0.15) is 0 Å². The second-order valence-electron chi connectivity index (χ2n) is 4.47. The molecule has 0 aromatic heterocycles. The van der Waals surface area contributed by atoms with Crippen molar-refractivity contribution in [3.8, 4) is 0 Å². The van der Waals surface area contributed by atoms with E-state index in [2.05, 4.69) is 18.7 Å². The monoisotopic (exact) mass is 223 g/mol. The number of halogens is 1. The third-order valence-corrected chi connectivity index (χ3v) is 4.08. The van der Waals surface area contributed by atoms with E-state index in [0.29, 0.717) is 0 Å². The van der Waals surface area contributed by atoms with Gasteiger partial charge in [-0.1, -0.05) is 13.8 Å². The highest BCUT2D eigenvalue weighted by Crippen LogP contribution is 2.33. The Morgan fingerprint density at radius 1 is 1.62 bits per heavy atom. The first-order valence-corrected chi connectivity index (χ1v) is 6.74. The zero-order chi connectivity index (χ0) is 10.1. The molecule has 2 unspecified atom stereocenters. The van der Waals surface area contributed by atoms with Gasteiger partial charge in [0, 0.05) is 42.4 Å². The fraction of sp³-hybridized carbons (Fsp3) is 1.00. The highest BCUT2D eigenvalue weighted by molar-refractivity contribution is 7.84. The summed E-state index contributed by atoms with van der Waals surface area (Å²) in [7, 11) is -0.682. The van der Waals surface area contributed by atoms with Crippen molar-refractivity contribution in [3.05, 3.63) is 0 Å². The minimum Gasteiger partial charge on any atom is -0.300 e. The standard InChI is InChI=1S/C9H18ClNOS/c1-9(2)7-11(6-8(9)10)4-5-13(3)12/h8H,4-7H2,1-3H3. The molecule has 1 heterocycles. The molecule has 1 rings (SSSR count). The molecule has 2 atom stereocenters. The third-order valence-electron chi connectivity index (χ3n) is 2.59. The summed E-state index contributed by atoms with van der Waals surface area (Å²) in [5, 5.41) is 0.234. The van der Waals surface area contributed by atoms with Crippen LogP contribution in [0, 0.1) is 5.41 Å². The maximum absolute atomic E-state index is 10.9. The van der Waals surface area contributed by atoms with Gasteiger partial charge in [0.05, 0.1) is 5.38 Å².